The first kappa shape index (κ1) is 31.3. The van der Waals surface area contributed by atoms with Crippen LogP contribution in [0, 0.1) is 0 Å². The molecule has 0 aliphatic heterocycles. The molecule has 214 valence electrons. The van der Waals surface area contributed by atoms with Crippen molar-refractivity contribution in [1.82, 2.24) is 14.5 Å². The van der Waals surface area contributed by atoms with Crippen molar-refractivity contribution in [3.63, 3.8) is 0 Å². The highest BCUT2D eigenvalue weighted by Gasteiger charge is 2.35. The van der Waals surface area contributed by atoms with Crippen molar-refractivity contribution in [2.75, 3.05) is 17.8 Å². The van der Waals surface area contributed by atoms with Crippen LogP contribution in [-0.4, -0.2) is 64.2 Å². The van der Waals surface area contributed by atoms with Gasteiger partial charge in [0.05, 0.1) is 12.0 Å². The second kappa shape index (κ2) is 13.0. The number of aliphatic hydroxyl groups is 2. The molecule has 0 saturated carbocycles. The van der Waals surface area contributed by atoms with E-state index in [4.69, 9.17) is 25.9 Å². The van der Waals surface area contributed by atoms with Crippen molar-refractivity contribution < 1.29 is 42.9 Å². The maximum atomic E-state index is 15.4. The van der Waals surface area contributed by atoms with Gasteiger partial charge in [-0.15, -0.1) is 0 Å². The third-order valence-corrected chi connectivity index (χ3v) is 9.32. The van der Waals surface area contributed by atoms with Gasteiger partial charge in [-0.25, -0.2) is 9.37 Å². The number of aliphatic hydroxyl groups excluding tert-OH is 2. The summed E-state index contributed by atoms with van der Waals surface area (Å²) in [5, 5.41) is 24.9. The van der Waals surface area contributed by atoms with E-state index < -0.39 is 46.2 Å². The average Bonchev–Trinajstić information content (AvgIpc) is 3.28. The number of fused-ring (bicyclic) bond motifs is 1. The van der Waals surface area contributed by atoms with Crippen LogP contribution in [0.1, 0.15) is 38.1 Å². The summed E-state index contributed by atoms with van der Waals surface area (Å²) < 4.78 is 44.2. The average molecular weight is 607 g/mol. The molecule has 3 aromatic rings. The predicted octanol–water partition coefficient (Wildman–Crippen LogP) is 4.12. The standard InChI is InChI=1S/C23H30ClFN4O8P2/c1-3-7-16(12-37-39(35,36)13-38(32,33)34)19(30)18(25)22(31)29-11-10-17-20(27-23(24)28-21(17)29)26-14(2)15-8-5-4-6-9-15/h4-11,14,18-19,22,30-31H,3,12-13H2,1-2H3,(H,35,36)(H,26,27,28)(H2,32,33,34)/b16-7-/t14-,18+,19-,22-/m1/s1. The van der Waals surface area contributed by atoms with Gasteiger partial charge >= 0.3 is 15.2 Å². The second-order valence-electron chi connectivity index (χ2n) is 8.79. The van der Waals surface area contributed by atoms with Crippen molar-refractivity contribution in [1.29, 1.82) is 0 Å². The van der Waals surface area contributed by atoms with Crippen LogP contribution in [-0.2, 0) is 13.7 Å². The van der Waals surface area contributed by atoms with E-state index >= 15 is 4.39 Å². The molecule has 0 amide bonds. The Hall–Kier alpha value is -2.18. The van der Waals surface area contributed by atoms with Crippen LogP contribution in [0.4, 0.5) is 10.2 Å². The summed E-state index contributed by atoms with van der Waals surface area (Å²) in [6.45, 7) is 2.75. The predicted molar refractivity (Wildman–Crippen MR) is 144 cm³/mol. The van der Waals surface area contributed by atoms with Crippen LogP contribution in [0.5, 0.6) is 0 Å². The summed E-state index contributed by atoms with van der Waals surface area (Å²) in [7, 11) is -9.63. The van der Waals surface area contributed by atoms with Crippen molar-refractivity contribution in [3.8, 4) is 0 Å². The molecule has 0 bridgehead atoms. The van der Waals surface area contributed by atoms with Crippen molar-refractivity contribution >= 4 is 43.6 Å². The summed E-state index contributed by atoms with van der Waals surface area (Å²) >= 11 is 6.12. The zero-order valence-corrected chi connectivity index (χ0v) is 23.5. The minimum absolute atomic E-state index is 0.0823. The number of rotatable bonds is 13. The molecule has 1 unspecified atom stereocenters. The van der Waals surface area contributed by atoms with Crippen LogP contribution in [0.25, 0.3) is 11.0 Å². The summed E-state index contributed by atoms with van der Waals surface area (Å²) in [6.07, 6.45) is -3.41. The van der Waals surface area contributed by atoms with Crippen molar-refractivity contribution in [3.05, 3.63) is 65.1 Å². The monoisotopic (exact) mass is 606 g/mol. The third-order valence-electron chi connectivity index (χ3n) is 5.71. The van der Waals surface area contributed by atoms with Gasteiger partial charge in [0.25, 0.3) is 0 Å². The number of allylic oxidation sites excluding steroid dienone is 1. The van der Waals surface area contributed by atoms with Gasteiger partial charge in [-0.3, -0.25) is 9.13 Å². The maximum Gasteiger partial charge on any atom is 0.340 e. The zero-order valence-electron chi connectivity index (χ0n) is 21.0. The number of aromatic nitrogens is 3. The van der Waals surface area contributed by atoms with Crippen LogP contribution in [0.3, 0.4) is 0 Å². The lowest BCUT2D eigenvalue weighted by Crippen LogP contribution is -2.34. The van der Waals surface area contributed by atoms with Gasteiger partial charge in [-0.05, 0) is 42.1 Å². The topological polar surface area (TPSA) is 187 Å². The van der Waals surface area contributed by atoms with Crippen LogP contribution < -0.4 is 5.32 Å². The molecule has 2 heterocycles. The largest absolute Gasteiger partial charge is 0.385 e. The minimum Gasteiger partial charge on any atom is -0.385 e. The highest BCUT2D eigenvalue weighted by Crippen LogP contribution is 2.55. The van der Waals surface area contributed by atoms with Crippen LogP contribution in [0.15, 0.2) is 54.2 Å². The molecule has 0 fully saturated rings. The molecule has 0 saturated heterocycles. The van der Waals surface area contributed by atoms with E-state index in [1.165, 1.54) is 12.3 Å². The number of nitrogens with one attached hydrogen (secondary N) is 1. The highest BCUT2D eigenvalue weighted by atomic mass is 35.5. The molecule has 3 rings (SSSR count). The zero-order chi connectivity index (χ0) is 29.0. The van der Waals surface area contributed by atoms with Gasteiger partial charge in [0.15, 0.2) is 18.3 Å². The van der Waals surface area contributed by atoms with Gasteiger partial charge in [0.2, 0.25) is 5.28 Å². The summed E-state index contributed by atoms with van der Waals surface area (Å²) in [4.78, 5) is 35.9. The molecule has 0 radical (unpaired) electrons. The van der Waals surface area contributed by atoms with E-state index in [-0.39, 0.29) is 29.0 Å². The Morgan fingerprint density at radius 2 is 1.85 bits per heavy atom. The molecular weight excluding hydrogens is 577 g/mol. The number of anilines is 1. The smallest absolute Gasteiger partial charge is 0.340 e. The number of halogens is 2. The molecule has 5 atom stereocenters. The van der Waals surface area contributed by atoms with Crippen LogP contribution >= 0.6 is 26.8 Å². The van der Waals surface area contributed by atoms with Gasteiger partial charge in [0, 0.05) is 12.2 Å². The number of hydrogen-bond acceptors (Lipinski definition) is 8. The molecule has 0 spiro atoms. The fourth-order valence-corrected chi connectivity index (χ4v) is 6.56. The summed E-state index contributed by atoms with van der Waals surface area (Å²) in [5.41, 5.74) is 0.851. The Morgan fingerprint density at radius 3 is 2.46 bits per heavy atom. The quantitative estimate of drug-likeness (QED) is 0.0933. The Balaban J connectivity index is 1.83. The van der Waals surface area contributed by atoms with E-state index in [1.807, 2.05) is 37.3 Å². The number of hydrogen-bond donors (Lipinski definition) is 6. The Morgan fingerprint density at radius 1 is 1.18 bits per heavy atom. The van der Waals surface area contributed by atoms with E-state index in [2.05, 4.69) is 15.3 Å². The lowest BCUT2D eigenvalue weighted by atomic mass is 10.0. The third kappa shape index (κ3) is 8.40. The fraction of sp³-hybridized carbons (Fsp3) is 0.391. The first-order valence-electron chi connectivity index (χ1n) is 11.8. The number of nitrogens with zero attached hydrogens (tertiary/aromatic N) is 3. The maximum absolute atomic E-state index is 15.4. The summed E-state index contributed by atoms with van der Waals surface area (Å²) in [6, 6.07) is 10.9. The number of benzene rings is 1. The van der Waals surface area contributed by atoms with E-state index in [0.29, 0.717) is 11.2 Å². The number of alkyl halides is 1. The molecule has 0 aliphatic carbocycles. The van der Waals surface area contributed by atoms with E-state index in [9.17, 15) is 24.2 Å². The Kier molecular flexibility index (Phi) is 10.4. The minimum atomic E-state index is -4.88. The first-order chi connectivity index (χ1) is 18.2. The molecule has 1 aromatic carbocycles. The molecule has 39 heavy (non-hydrogen) atoms. The highest BCUT2D eigenvalue weighted by molar-refractivity contribution is 7.70. The lowest BCUT2D eigenvalue weighted by Gasteiger charge is -2.25. The van der Waals surface area contributed by atoms with E-state index in [1.54, 1.807) is 13.0 Å². The SMILES string of the molecule is CC/C=C(/COP(=O)(O)CP(=O)(O)O)[C@@H](O)[C@H](F)[C@@H](O)n1ccc2c(N[C@H](C)c3ccccc3)nc(Cl)nc21. The molecular formula is C23H30ClFN4O8P2. The van der Waals surface area contributed by atoms with Crippen molar-refractivity contribution in [2.24, 2.45) is 0 Å². The van der Waals surface area contributed by atoms with Gasteiger partial charge in [-0.2, -0.15) is 4.98 Å². The summed E-state index contributed by atoms with van der Waals surface area (Å²) in [5.74, 6) is -1.10. The Bertz CT molecular complexity index is 1400. The van der Waals surface area contributed by atoms with Gasteiger partial charge in [-0.1, -0.05) is 43.3 Å². The molecule has 12 nitrogen and oxygen atoms in total. The molecule has 2 aromatic heterocycles. The second-order valence-corrected chi connectivity index (χ2v) is 13.1. The van der Waals surface area contributed by atoms with Crippen molar-refractivity contribution in [2.45, 2.75) is 44.8 Å². The molecule has 16 heteroatoms. The Labute approximate surface area is 228 Å². The first-order valence-corrected chi connectivity index (χ1v) is 15.7. The molecule has 6 N–H and O–H groups in total. The molecule has 0 aliphatic rings. The van der Waals surface area contributed by atoms with Gasteiger partial charge in [0.1, 0.15) is 17.6 Å². The normalized spacial score (nSPS) is 17.4. The lowest BCUT2D eigenvalue weighted by molar-refractivity contribution is -0.0349. The fourth-order valence-electron chi connectivity index (χ4n) is 3.86. The van der Waals surface area contributed by atoms with Crippen LogP contribution in [0.2, 0.25) is 5.28 Å². The van der Waals surface area contributed by atoms with Gasteiger partial charge < -0.3 is 39.3 Å². The van der Waals surface area contributed by atoms with E-state index in [0.717, 1.165) is 10.1 Å².